The van der Waals surface area contributed by atoms with Crippen LogP contribution in [0.2, 0.25) is 0 Å². The summed E-state index contributed by atoms with van der Waals surface area (Å²) in [6.45, 7) is 2.20. The summed E-state index contributed by atoms with van der Waals surface area (Å²) in [5.74, 6) is 1.09. The molecular weight excluding hydrogens is 394 g/mol. The van der Waals surface area contributed by atoms with E-state index in [1.54, 1.807) is 19.1 Å². The van der Waals surface area contributed by atoms with E-state index >= 15 is 0 Å². The van der Waals surface area contributed by atoms with Gasteiger partial charge in [-0.3, -0.25) is 4.79 Å². The number of hydrogen-bond donors (Lipinski definition) is 1. The molecule has 0 unspecified atom stereocenters. The van der Waals surface area contributed by atoms with Crippen LogP contribution in [-0.2, 0) is 4.74 Å². The molecule has 2 aromatic heterocycles. The van der Waals surface area contributed by atoms with Crippen molar-refractivity contribution in [2.75, 3.05) is 40.5 Å². The predicted octanol–water partition coefficient (Wildman–Crippen LogP) is 3.87. The molecule has 0 spiro atoms. The van der Waals surface area contributed by atoms with E-state index in [0.29, 0.717) is 49.2 Å². The van der Waals surface area contributed by atoms with Gasteiger partial charge < -0.3 is 24.1 Å². The fourth-order valence-electron chi connectivity index (χ4n) is 4.15. The number of benzene rings is 2. The van der Waals surface area contributed by atoms with Crippen LogP contribution in [0.5, 0.6) is 11.5 Å². The molecule has 158 valence electrons. The summed E-state index contributed by atoms with van der Waals surface area (Å²) < 4.78 is 16.6. The molecule has 0 saturated carbocycles. The second-order valence-corrected chi connectivity index (χ2v) is 7.39. The molecule has 0 atom stereocenters. The monoisotopic (exact) mass is 417 g/mol. The number of para-hydroxylation sites is 2. The predicted molar refractivity (Wildman–Crippen MR) is 119 cm³/mol. The first-order valence-corrected chi connectivity index (χ1v) is 10.2. The number of aromatic amines is 1. The van der Waals surface area contributed by atoms with Crippen LogP contribution >= 0.6 is 0 Å². The maximum atomic E-state index is 13.3. The maximum absolute atomic E-state index is 13.3. The summed E-state index contributed by atoms with van der Waals surface area (Å²) in [6, 6.07) is 15.6. The average Bonchev–Trinajstić information content (AvgIpc) is 3.21. The fraction of sp³-hybridized carbons (Fsp3) is 0.250. The molecule has 7 nitrogen and oxygen atoms in total. The van der Waals surface area contributed by atoms with Gasteiger partial charge in [-0.2, -0.15) is 0 Å². The van der Waals surface area contributed by atoms with Gasteiger partial charge in [0.15, 0.2) is 11.5 Å². The summed E-state index contributed by atoms with van der Waals surface area (Å²) >= 11 is 0. The maximum Gasteiger partial charge on any atom is 0.272 e. The number of hydrogen-bond acceptors (Lipinski definition) is 5. The van der Waals surface area contributed by atoms with E-state index in [4.69, 9.17) is 19.2 Å². The number of nitrogens with zero attached hydrogens (tertiary/aromatic N) is 2. The number of carbonyl (C=O) groups is 1. The van der Waals surface area contributed by atoms with E-state index in [9.17, 15) is 4.79 Å². The van der Waals surface area contributed by atoms with Crippen molar-refractivity contribution in [1.29, 1.82) is 0 Å². The number of pyridine rings is 1. The smallest absolute Gasteiger partial charge is 0.272 e. The van der Waals surface area contributed by atoms with Crippen molar-refractivity contribution in [3.05, 3.63) is 54.2 Å². The minimum absolute atomic E-state index is 0.0985. The van der Waals surface area contributed by atoms with Gasteiger partial charge in [-0.15, -0.1) is 0 Å². The third kappa shape index (κ3) is 3.27. The van der Waals surface area contributed by atoms with Crippen LogP contribution in [-0.4, -0.2) is 61.3 Å². The molecule has 0 aliphatic carbocycles. The molecule has 1 aliphatic rings. The number of fused-ring (bicyclic) bond motifs is 3. The van der Waals surface area contributed by atoms with Crippen LogP contribution in [0.15, 0.2) is 48.5 Å². The van der Waals surface area contributed by atoms with Crippen LogP contribution < -0.4 is 9.47 Å². The topological polar surface area (TPSA) is 76.7 Å². The number of amides is 1. The van der Waals surface area contributed by atoms with Gasteiger partial charge in [0, 0.05) is 34.9 Å². The molecule has 5 rings (SSSR count). The lowest BCUT2D eigenvalue weighted by molar-refractivity contribution is 0.0299. The Morgan fingerprint density at radius 2 is 1.84 bits per heavy atom. The lowest BCUT2D eigenvalue weighted by atomic mass is 10.0. The van der Waals surface area contributed by atoms with Crippen molar-refractivity contribution in [3.8, 4) is 22.8 Å². The molecule has 0 radical (unpaired) electrons. The Hall–Kier alpha value is -3.58. The largest absolute Gasteiger partial charge is 0.493 e. The van der Waals surface area contributed by atoms with E-state index < -0.39 is 0 Å². The average molecular weight is 417 g/mol. The van der Waals surface area contributed by atoms with Crippen molar-refractivity contribution in [2.45, 2.75) is 0 Å². The molecule has 3 heterocycles. The van der Waals surface area contributed by atoms with Crippen molar-refractivity contribution in [3.63, 3.8) is 0 Å². The second-order valence-electron chi connectivity index (χ2n) is 7.39. The number of rotatable bonds is 4. The standard InChI is InChI=1S/C24H23N3O4/c1-29-20-9-5-7-16(23(20)30-2)21-22-17(15-6-3-4-8-18(15)25-22)14-19(26-21)24(28)27-10-12-31-13-11-27/h3-9,14,25H,10-13H2,1-2H3. The van der Waals surface area contributed by atoms with Crippen LogP contribution in [0, 0.1) is 0 Å². The molecule has 1 N–H and O–H groups in total. The zero-order valence-corrected chi connectivity index (χ0v) is 17.5. The highest BCUT2D eigenvalue weighted by Gasteiger charge is 2.24. The Labute approximate surface area is 179 Å². The quantitative estimate of drug-likeness (QED) is 0.545. The number of aromatic nitrogens is 2. The third-order valence-corrected chi connectivity index (χ3v) is 5.67. The van der Waals surface area contributed by atoms with Gasteiger partial charge in [0.2, 0.25) is 0 Å². The van der Waals surface area contributed by atoms with Gasteiger partial charge in [-0.05, 0) is 24.3 Å². The zero-order valence-electron chi connectivity index (χ0n) is 17.5. The van der Waals surface area contributed by atoms with Crippen molar-refractivity contribution in [1.82, 2.24) is 14.9 Å². The highest BCUT2D eigenvalue weighted by atomic mass is 16.5. The van der Waals surface area contributed by atoms with Gasteiger partial charge in [-0.1, -0.05) is 24.3 Å². The van der Waals surface area contributed by atoms with E-state index in [2.05, 4.69) is 4.98 Å². The summed E-state index contributed by atoms with van der Waals surface area (Å²) in [4.78, 5) is 23.4. The second kappa shape index (κ2) is 7.92. The van der Waals surface area contributed by atoms with Crippen LogP contribution in [0.3, 0.4) is 0 Å². The number of H-pyrrole nitrogens is 1. The molecule has 1 amide bonds. The minimum Gasteiger partial charge on any atom is -0.493 e. The Balaban J connectivity index is 1.78. The van der Waals surface area contributed by atoms with E-state index in [1.165, 1.54) is 0 Å². The number of methoxy groups -OCH3 is 2. The zero-order chi connectivity index (χ0) is 21.4. The number of morpholine rings is 1. The van der Waals surface area contributed by atoms with E-state index in [1.807, 2.05) is 48.5 Å². The van der Waals surface area contributed by atoms with Gasteiger partial charge in [0.25, 0.3) is 5.91 Å². The first kappa shape index (κ1) is 19.4. The minimum atomic E-state index is -0.0985. The van der Waals surface area contributed by atoms with Crippen LogP contribution in [0.25, 0.3) is 33.1 Å². The molecule has 1 aliphatic heterocycles. The molecule has 31 heavy (non-hydrogen) atoms. The molecule has 1 saturated heterocycles. The molecular formula is C24H23N3O4. The summed E-state index contributed by atoms with van der Waals surface area (Å²) in [5, 5.41) is 1.99. The summed E-state index contributed by atoms with van der Waals surface area (Å²) in [7, 11) is 3.21. The molecule has 1 fully saturated rings. The molecule has 0 bridgehead atoms. The molecule has 2 aromatic carbocycles. The lowest BCUT2D eigenvalue weighted by Crippen LogP contribution is -2.41. The first-order valence-electron chi connectivity index (χ1n) is 10.2. The number of nitrogens with one attached hydrogen (secondary N) is 1. The number of carbonyl (C=O) groups excluding carboxylic acids is 1. The van der Waals surface area contributed by atoms with Crippen LogP contribution in [0.1, 0.15) is 10.5 Å². The Morgan fingerprint density at radius 1 is 1.03 bits per heavy atom. The Kier molecular flexibility index (Phi) is 4.95. The van der Waals surface area contributed by atoms with Gasteiger partial charge >= 0.3 is 0 Å². The highest BCUT2D eigenvalue weighted by Crippen LogP contribution is 2.41. The normalized spacial score (nSPS) is 14.2. The van der Waals surface area contributed by atoms with E-state index in [0.717, 1.165) is 27.4 Å². The van der Waals surface area contributed by atoms with Crippen molar-refractivity contribution >= 4 is 27.7 Å². The third-order valence-electron chi connectivity index (χ3n) is 5.67. The first-order chi connectivity index (χ1) is 15.2. The van der Waals surface area contributed by atoms with E-state index in [-0.39, 0.29) is 5.91 Å². The van der Waals surface area contributed by atoms with Crippen LogP contribution in [0.4, 0.5) is 0 Å². The van der Waals surface area contributed by atoms with Gasteiger partial charge in [0.1, 0.15) is 5.69 Å². The SMILES string of the molecule is COc1cccc(-c2nc(C(=O)N3CCOCC3)cc3c2[nH]c2ccccc23)c1OC. The summed E-state index contributed by atoms with van der Waals surface area (Å²) in [6.07, 6.45) is 0. The number of ether oxygens (including phenoxy) is 3. The summed E-state index contributed by atoms with van der Waals surface area (Å²) in [5.41, 5.74) is 3.65. The molecule has 4 aromatic rings. The highest BCUT2D eigenvalue weighted by molar-refractivity contribution is 6.13. The molecule has 7 heteroatoms. The van der Waals surface area contributed by atoms with Crippen molar-refractivity contribution < 1.29 is 19.0 Å². The Bertz CT molecular complexity index is 1270. The van der Waals surface area contributed by atoms with Crippen molar-refractivity contribution in [2.24, 2.45) is 0 Å². The fourth-order valence-corrected chi connectivity index (χ4v) is 4.15. The van der Waals surface area contributed by atoms with Gasteiger partial charge in [-0.25, -0.2) is 4.98 Å². The Morgan fingerprint density at radius 3 is 2.61 bits per heavy atom. The lowest BCUT2D eigenvalue weighted by Gasteiger charge is -2.26. The van der Waals surface area contributed by atoms with Gasteiger partial charge in [0.05, 0.1) is 38.6 Å².